The van der Waals surface area contributed by atoms with E-state index in [0.29, 0.717) is 16.9 Å². The summed E-state index contributed by atoms with van der Waals surface area (Å²) in [5.41, 5.74) is 5.53. The molecule has 0 radical (unpaired) electrons. The molecule has 5 rings (SSSR count). The molecule has 1 heterocycles. The van der Waals surface area contributed by atoms with Crippen LogP contribution in [-0.4, -0.2) is 32.3 Å². The van der Waals surface area contributed by atoms with Crippen molar-refractivity contribution in [3.05, 3.63) is 47.8 Å². The van der Waals surface area contributed by atoms with E-state index in [2.05, 4.69) is 46.0 Å². The van der Waals surface area contributed by atoms with Crippen LogP contribution in [0.2, 0.25) is 0 Å². The summed E-state index contributed by atoms with van der Waals surface area (Å²) in [6.07, 6.45) is 7.90. The van der Waals surface area contributed by atoms with Crippen LogP contribution < -0.4 is 5.43 Å². The Hall–Kier alpha value is -2.83. The fraction of sp³-hybridized carbons (Fsp3) is 0.389. The van der Waals surface area contributed by atoms with E-state index in [1.165, 1.54) is 23.0 Å². The molecule has 1 fully saturated rings. The van der Waals surface area contributed by atoms with Crippen LogP contribution in [0.4, 0.5) is 0 Å². The van der Waals surface area contributed by atoms with Gasteiger partial charge >= 0.3 is 0 Å². The Bertz CT molecular complexity index is 835. The standard InChI is InChI=1S/C18H20N6O/c1-18(2)14-6-3-13(16(18)9-14)10-19-21-17(25)12-4-7-15(8-5-12)24-11-20-22-23-24/h3-5,7-8,10-11,14,16H,6,9H2,1-2H3,(H,21,25)/b19-10+. The number of hydrogen-bond acceptors (Lipinski definition) is 5. The number of hydrogen-bond donors (Lipinski definition) is 1. The molecule has 1 aromatic heterocycles. The largest absolute Gasteiger partial charge is 0.271 e. The molecule has 1 saturated carbocycles. The van der Waals surface area contributed by atoms with Gasteiger partial charge in [0.15, 0.2) is 0 Å². The van der Waals surface area contributed by atoms with Crippen molar-refractivity contribution in [1.82, 2.24) is 25.6 Å². The van der Waals surface area contributed by atoms with Gasteiger partial charge in [-0.1, -0.05) is 19.9 Å². The van der Waals surface area contributed by atoms with E-state index in [1.54, 1.807) is 30.5 Å². The number of carbonyl (C=O) groups is 1. The number of nitrogens with one attached hydrogen (secondary N) is 1. The van der Waals surface area contributed by atoms with Gasteiger partial charge in [0, 0.05) is 5.56 Å². The first-order chi connectivity index (χ1) is 12.1. The van der Waals surface area contributed by atoms with E-state index in [4.69, 9.17) is 0 Å². The van der Waals surface area contributed by atoms with E-state index in [-0.39, 0.29) is 5.91 Å². The number of carbonyl (C=O) groups excluding carboxylic acids is 1. The molecule has 1 aromatic carbocycles. The normalized spacial score (nSPS) is 23.8. The van der Waals surface area contributed by atoms with E-state index in [0.717, 1.165) is 18.0 Å². The first-order valence-electron chi connectivity index (χ1n) is 8.42. The Kier molecular flexibility index (Phi) is 3.71. The van der Waals surface area contributed by atoms with Crippen LogP contribution in [0.1, 0.15) is 37.0 Å². The van der Waals surface area contributed by atoms with Crippen LogP contribution >= 0.6 is 0 Å². The van der Waals surface area contributed by atoms with Crippen LogP contribution in [-0.2, 0) is 0 Å². The third-order valence-corrected chi connectivity index (χ3v) is 5.63. The Morgan fingerprint density at radius 3 is 2.80 bits per heavy atom. The predicted molar refractivity (Wildman–Crippen MR) is 93.2 cm³/mol. The van der Waals surface area contributed by atoms with Crippen LogP contribution in [0.25, 0.3) is 5.69 Å². The molecule has 0 saturated heterocycles. The summed E-state index contributed by atoms with van der Waals surface area (Å²) in [5, 5.41) is 15.1. The number of rotatable bonds is 4. The Labute approximate surface area is 145 Å². The van der Waals surface area contributed by atoms with Gasteiger partial charge in [0.1, 0.15) is 6.33 Å². The Morgan fingerprint density at radius 1 is 1.36 bits per heavy atom. The summed E-state index contributed by atoms with van der Waals surface area (Å²) in [5.74, 6) is 1.12. The molecule has 7 heteroatoms. The number of aromatic nitrogens is 4. The van der Waals surface area contributed by atoms with Crippen molar-refractivity contribution < 1.29 is 4.79 Å². The van der Waals surface area contributed by atoms with Gasteiger partial charge in [-0.3, -0.25) is 4.79 Å². The topological polar surface area (TPSA) is 85.1 Å². The lowest BCUT2D eigenvalue weighted by Gasteiger charge is -2.55. The zero-order valence-corrected chi connectivity index (χ0v) is 14.3. The average Bonchev–Trinajstić information content (AvgIpc) is 3.16. The van der Waals surface area contributed by atoms with Crippen molar-refractivity contribution in [2.45, 2.75) is 26.7 Å². The summed E-state index contributed by atoms with van der Waals surface area (Å²) in [7, 11) is 0. The maximum absolute atomic E-state index is 12.2. The van der Waals surface area contributed by atoms with Gasteiger partial charge in [0.2, 0.25) is 0 Å². The summed E-state index contributed by atoms with van der Waals surface area (Å²) in [4.78, 5) is 12.2. The fourth-order valence-electron chi connectivity index (χ4n) is 3.82. The number of amides is 1. The van der Waals surface area contributed by atoms with Crippen molar-refractivity contribution in [3.8, 4) is 5.69 Å². The molecule has 2 bridgehead atoms. The van der Waals surface area contributed by atoms with E-state index in [9.17, 15) is 4.79 Å². The quantitative estimate of drug-likeness (QED) is 0.686. The van der Waals surface area contributed by atoms with Crippen LogP contribution in [0.5, 0.6) is 0 Å². The highest BCUT2D eigenvalue weighted by Gasteiger charge is 2.50. The van der Waals surface area contributed by atoms with Crippen molar-refractivity contribution in [2.75, 3.05) is 0 Å². The molecule has 0 aliphatic heterocycles. The summed E-state index contributed by atoms with van der Waals surface area (Å²) >= 11 is 0. The number of tetrazole rings is 1. The molecule has 1 amide bonds. The number of hydrazone groups is 1. The van der Waals surface area contributed by atoms with Gasteiger partial charge in [0.05, 0.1) is 11.9 Å². The SMILES string of the molecule is CC1(C)C2CC=C(/C=N/NC(=O)c3ccc(-n4cnnn4)cc3)C1C2. The minimum Gasteiger partial charge on any atom is -0.267 e. The summed E-state index contributed by atoms with van der Waals surface area (Å²) < 4.78 is 1.53. The highest BCUT2D eigenvalue weighted by Crippen LogP contribution is 2.58. The van der Waals surface area contributed by atoms with Gasteiger partial charge in [0.25, 0.3) is 5.91 Å². The second-order valence-electron chi connectivity index (χ2n) is 7.25. The average molecular weight is 336 g/mol. The second-order valence-corrected chi connectivity index (χ2v) is 7.25. The molecular weight excluding hydrogens is 316 g/mol. The minimum atomic E-state index is -0.235. The molecular formula is C18H20N6O. The molecule has 3 aliphatic rings. The third-order valence-electron chi connectivity index (χ3n) is 5.63. The first-order valence-corrected chi connectivity index (χ1v) is 8.42. The monoisotopic (exact) mass is 336 g/mol. The highest BCUT2D eigenvalue weighted by atomic mass is 16.2. The van der Waals surface area contributed by atoms with Crippen molar-refractivity contribution in [1.29, 1.82) is 0 Å². The van der Waals surface area contributed by atoms with E-state index in [1.807, 2.05) is 0 Å². The van der Waals surface area contributed by atoms with Gasteiger partial charge in [-0.25, -0.2) is 10.1 Å². The maximum Gasteiger partial charge on any atom is 0.271 e. The molecule has 2 aromatic rings. The van der Waals surface area contributed by atoms with E-state index < -0.39 is 0 Å². The lowest BCUT2D eigenvalue weighted by Crippen LogP contribution is -2.48. The van der Waals surface area contributed by atoms with Crippen molar-refractivity contribution in [3.63, 3.8) is 0 Å². The summed E-state index contributed by atoms with van der Waals surface area (Å²) in [6.45, 7) is 4.63. The predicted octanol–water partition coefficient (Wildman–Crippen LogP) is 2.37. The van der Waals surface area contributed by atoms with Gasteiger partial charge in [-0.05, 0) is 70.4 Å². The molecule has 128 valence electrons. The summed E-state index contributed by atoms with van der Waals surface area (Å²) in [6, 6.07) is 7.02. The van der Waals surface area contributed by atoms with Crippen molar-refractivity contribution in [2.24, 2.45) is 22.4 Å². The van der Waals surface area contributed by atoms with Crippen LogP contribution in [0.15, 0.2) is 47.3 Å². The zero-order valence-electron chi connectivity index (χ0n) is 14.3. The zero-order chi connectivity index (χ0) is 17.4. The Balaban J connectivity index is 1.38. The number of allylic oxidation sites excluding steroid dienone is 2. The molecule has 25 heavy (non-hydrogen) atoms. The van der Waals surface area contributed by atoms with Gasteiger partial charge in [-0.2, -0.15) is 5.10 Å². The molecule has 0 spiro atoms. The molecule has 3 aliphatic carbocycles. The highest BCUT2D eigenvalue weighted by molar-refractivity contribution is 5.95. The molecule has 2 atom stereocenters. The van der Waals surface area contributed by atoms with E-state index >= 15 is 0 Å². The number of nitrogens with zero attached hydrogens (tertiary/aromatic N) is 5. The molecule has 1 N–H and O–H groups in total. The fourth-order valence-corrected chi connectivity index (χ4v) is 3.82. The van der Waals surface area contributed by atoms with Crippen LogP contribution in [0, 0.1) is 17.3 Å². The third kappa shape index (κ3) is 2.75. The number of benzene rings is 1. The minimum absolute atomic E-state index is 0.235. The van der Waals surface area contributed by atoms with Gasteiger partial charge < -0.3 is 0 Å². The van der Waals surface area contributed by atoms with Crippen molar-refractivity contribution >= 4 is 12.1 Å². The van der Waals surface area contributed by atoms with Crippen LogP contribution in [0.3, 0.4) is 0 Å². The maximum atomic E-state index is 12.2. The second kappa shape index (κ2) is 5.91. The Morgan fingerprint density at radius 2 is 2.16 bits per heavy atom. The molecule has 7 nitrogen and oxygen atoms in total. The smallest absolute Gasteiger partial charge is 0.267 e. The van der Waals surface area contributed by atoms with Gasteiger partial charge in [-0.15, -0.1) is 5.10 Å². The lowest BCUT2D eigenvalue weighted by atomic mass is 9.49. The number of fused-ring (bicyclic) bond motifs is 1. The molecule has 2 unspecified atom stereocenters. The first kappa shape index (κ1) is 15.7. The lowest BCUT2D eigenvalue weighted by molar-refractivity contribution is -0.00126.